The van der Waals surface area contributed by atoms with Gasteiger partial charge in [0.05, 0.1) is 6.33 Å². The summed E-state index contributed by atoms with van der Waals surface area (Å²) in [6, 6.07) is 0. The minimum atomic E-state index is 0. The lowest BCUT2D eigenvalue weighted by atomic mass is 9.78. The summed E-state index contributed by atoms with van der Waals surface area (Å²) in [4.78, 5) is 8.43. The molecule has 6 heteroatoms. The number of nitrogens with zero attached hydrogens (tertiary/aromatic N) is 3. The number of aromatic nitrogens is 2. The van der Waals surface area contributed by atoms with Crippen LogP contribution in [0.3, 0.4) is 0 Å². The van der Waals surface area contributed by atoms with E-state index in [1.807, 2.05) is 25.8 Å². The molecule has 1 aromatic heterocycles. The maximum absolute atomic E-state index is 4.37. The molecule has 0 atom stereocenters. The third-order valence-corrected chi connectivity index (χ3v) is 4.80. The molecule has 0 bridgehead atoms. The monoisotopic (exact) mass is 447 g/mol. The highest BCUT2D eigenvalue weighted by Gasteiger charge is 2.34. The fourth-order valence-corrected chi connectivity index (χ4v) is 3.82. The number of aliphatic imine (C=N–C) groups is 1. The van der Waals surface area contributed by atoms with E-state index in [9.17, 15) is 0 Å². The Bertz CT molecular complexity index is 464. The molecule has 0 saturated heterocycles. The van der Waals surface area contributed by atoms with Crippen LogP contribution in [0.15, 0.2) is 23.7 Å². The van der Waals surface area contributed by atoms with Crippen LogP contribution < -0.4 is 10.6 Å². The van der Waals surface area contributed by atoms with Crippen LogP contribution in [0, 0.1) is 11.3 Å². The Morgan fingerprint density at radius 3 is 2.62 bits per heavy atom. The third-order valence-electron chi connectivity index (χ3n) is 4.80. The average Bonchev–Trinajstić information content (AvgIpc) is 3.18. The van der Waals surface area contributed by atoms with Crippen LogP contribution in [0.2, 0.25) is 0 Å². The molecule has 1 aliphatic carbocycles. The van der Waals surface area contributed by atoms with Gasteiger partial charge in [-0.3, -0.25) is 4.99 Å². The number of hydrogen-bond donors (Lipinski definition) is 2. The van der Waals surface area contributed by atoms with Gasteiger partial charge in [0.15, 0.2) is 5.96 Å². The summed E-state index contributed by atoms with van der Waals surface area (Å²) in [5, 5.41) is 7.00. The third kappa shape index (κ3) is 6.99. The molecule has 1 aromatic rings. The van der Waals surface area contributed by atoms with Gasteiger partial charge in [-0.2, -0.15) is 0 Å². The predicted octanol–water partition coefficient (Wildman–Crippen LogP) is 3.66. The zero-order valence-electron chi connectivity index (χ0n) is 15.4. The normalized spacial score (nSPS) is 16.9. The second-order valence-corrected chi connectivity index (χ2v) is 7.31. The van der Waals surface area contributed by atoms with Crippen molar-refractivity contribution in [1.82, 2.24) is 20.2 Å². The Balaban J connectivity index is 0.00000288. The molecule has 2 rings (SSSR count). The Hall–Kier alpha value is -0.790. The Morgan fingerprint density at radius 1 is 1.29 bits per heavy atom. The van der Waals surface area contributed by atoms with Gasteiger partial charge in [0, 0.05) is 39.1 Å². The van der Waals surface area contributed by atoms with Gasteiger partial charge in [-0.15, -0.1) is 24.0 Å². The lowest BCUT2D eigenvalue weighted by Gasteiger charge is -2.32. The molecule has 1 fully saturated rings. The van der Waals surface area contributed by atoms with Crippen LogP contribution in [0.25, 0.3) is 0 Å². The van der Waals surface area contributed by atoms with Crippen molar-refractivity contribution >= 4 is 29.9 Å². The van der Waals surface area contributed by atoms with Crippen molar-refractivity contribution in [3.8, 4) is 0 Å². The van der Waals surface area contributed by atoms with Crippen molar-refractivity contribution in [2.75, 3.05) is 20.1 Å². The van der Waals surface area contributed by atoms with Gasteiger partial charge in [-0.25, -0.2) is 4.98 Å². The first kappa shape index (κ1) is 21.3. The van der Waals surface area contributed by atoms with E-state index in [1.54, 1.807) is 0 Å². The molecule has 138 valence electrons. The smallest absolute Gasteiger partial charge is 0.190 e. The molecule has 24 heavy (non-hydrogen) atoms. The van der Waals surface area contributed by atoms with E-state index in [4.69, 9.17) is 0 Å². The van der Waals surface area contributed by atoms with Gasteiger partial charge in [0.1, 0.15) is 0 Å². The van der Waals surface area contributed by atoms with Gasteiger partial charge in [-0.1, -0.05) is 26.7 Å². The average molecular weight is 447 g/mol. The Morgan fingerprint density at radius 2 is 2.04 bits per heavy atom. The number of guanidine groups is 1. The fourth-order valence-electron chi connectivity index (χ4n) is 3.82. The van der Waals surface area contributed by atoms with Gasteiger partial charge in [0.25, 0.3) is 0 Å². The maximum atomic E-state index is 4.37. The van der Waals surface area contributed by atoms with E-state index < -0.39 is 0 Å². The highest BCUT2D eigenvalue weighted by molar-refractivity contribution is 14.0. The molecule has 0 amide bonds. The first-order chi connectivity index (χ1) is 11.1. The molecule has 0 unspecified atom stereocenters. The zero-order valence-corrected chi connectivity index (χ0v) is 17.8. The molecular weight excluding hydrogens is 413 g/mol. The summed E-state index contributed by atoms with van der Waals surface area (Å²) in [6.45, 7) is 7.63. The lowest BCUT2D eigenvalue weighted by Crippen LogP contribution is -2.43. The number of halogens is 1. The van der Waals surface area contributed by atoms with E-state index in [1.165, 1.54) is 32.1 Å². The second kappa shape index (κ2) is 10.9. The summed E-state index contributed by atoms with van der Waals surface area (Å²) in [5.41, 5.74) is 0.475. The van der Waals surface area contributed by atoms with Gasteiger partial charge in [-0.05, 0) is 37.0 Å². The number of hydrogen-bond acceptors (Lipinski definition) is 2. The topological polar surface area (TPSA) is 54.2 Å². The molecule has 2 N–H and O–H groups in total. The van der Waals surface area contributed by atoms with E-state index >= 15 is 0 Å². The summed E-state index contributed by atoms with van der Waals surface area (Å²) in [7, 11) is 1.86. The van der Waals surface area contributed by atoms with Crippen molar-refractivity contribution in [1.29, 1.82) is 0 Å². The van der Waals surface area contributed by atoms with Crippen molar-refractivity contribution < 1.29 is 0 Å². The molecule has 5 nitrogen and oxygen atoms in total. The van der Waals surface area contributed by atoms with Crippen LogP contribution in [-0.2, 0) is 6.54 Å². The van der Waals surface area contributed by atoms with Gasteiger partial charge < -0.3 is 15.2 Å². The fraction of sp³-hybridized carbons (Fsp3) is 0.778. The summed E-state index contributed by atoms with van der Waals surface area (Å²) in [5.74, 6) is 1.70. The largest absolute Gasteiger partial charge is 0.356 e. The van der Waals surface area contributed by atoms with Gasteiger partial charge in [0.2, 0.25) is 0 Å². The second-order valence-electron chi connectivity index (χ2n) is 7.31. The quantitative estimate of drug-likeness (QED) is 0.277. The molecule has 0 aliphatic heterocycles. The SMILES string of the molecule is CN=C(NCCCn1ccnc1)NCC1(CC(C)C)CCCC1.I. The summed E-state index contributed by atoms with van der Waals surface area (Å²) < 4.78 is 2.11. The predicted molar refractivity (Wildman–Crippen MR) is 112 cm³/mol. The van der Waals surface area contributed by atoms with Crippen molar-refractivity contribution in [2.24, 2.45) is 16.3 Å². The number of nitrogens with one attached hydrogen (secondary N) is 2. The molecular formula is C18H34IN5. The Labute approximate surface area is 164 Å². The summed E-state index contributed by atoms with van der Waals surface area (Å²) >= 11 is 0. The maximum Gasteiger partial charge on any atom is 0.190 e. The molecule has 0 radical (unpaired) electrons. The first-order valence-corrected chi connectivity index (χ1v) is 9.04. The van der Waals surface area contributed by atoms with E-state index in [0.717, 1.165) is 37.9 Å². The van der Waals surface area contributed by atoms with Crippen LogP contribution in [0.5, 0.6) is 0 Å². The molecule has 0 aromatic carbocycles. The molecule has 1 aliphatic rings. The number of imidazole rings is 1. The van der Waals surface area contributed by atoms with Crippen LogP contribution in [0.4, 0.5) is 0 Å². The van der Waals surface area contributed by atoms with Gasteiger partial charge >= 0.3 is 0 Å². The minimum Gasteiger partial charge on any atom is -0.356 e. The van der Waals surface area contributed by atoms with E-state index in [0.29, 0.717) is 5.41 Å². The zero-order chi connectivity index (χ0) is 16.5. The lowest BCUT2D eigenvalue weighted by molar-refractivity contribution is 0.235. The van der Waals surface area contributed by atoms with E-state index in [-0.39, 0.29) is 24.0 Å². The molecule has 1 saturated carbocycles. The van der Waals surface area contributed by atoms with Crippen LogP contribution >= 0.6 is 24.0 Å². The van der Waals surface area contributed by atoms with Crippen molar-refractivity contribution in [2.45, 2.75) is 58.9 Å². The Kier molecular flexibility index (Phi) is 9.69. The molecule has 0 spiro atoms. The van der Waals surface area contributed by atoms with Crippen LogP contribution in [0.1, 0.15) is 52.4 Å². The van der Waals surface area contributed by atoms with Crippen LogP contribution in [-0.4, -0.2) is 35.6 Å². The van der Waals surface area contributed by atoms with E-state index in [2.05, 4.69) is 39.0 Å². The van der Waals surface area contributed by atoms with Crippen molar-refractivity contribution in [3.05, 3.63) is 18.7 Å². The highest BCUT2D eigenvalue weighted by atomic mass is 127. The van der Waals surface area contributed by atoms with Crippen molar-refractivity contribution in [3.63, 3.8) is 0 Å². The summed E-state index contributed by atoms with van der Waals surface area (Å²) in [6.07, 6.45) is 13.5. The highest BCUT2D eigenvalue weighted by Crippen LogP contribution is 2.42. The molecule has 1 heterocycles. The number of aryl methyl sites for hydroxylation is 1. The number of rotatable bonds is 8. The minimum absolute atomic E-state index is 0. The first-order valence-electron chi connectivity index (χ1n) is 9.04. The standard InChI is InChI=1S/C18H33N5.HI/c1-16(2)13-18(7-4-5-8-18)14-22-17(19-3)21-9-6-11-23-12-10-20-15-23;/h10,12,15-16H,4-9,11,13-14H2,1-3H3,(H2,19,21,22);1H.